The standard InChI is InChI=1S/C47H27N3O2/c1-3-12-30-26-32(22-20-28(30)10-1)34-24-25-38(43-36-15-6-8-18-40(36)52-44(34)43)47-49-45(33-23-21-29-11-2-4-13-31(29)27-33)48-46(50-47)37-16-9-19-41-42(37)35-14-5-7-17-39(35)51-41/h1-27H. The summed E-state index contributed by atoms with van der Waals surface area (Å²) >= 11 is 0. The second-order valence-corrected chi connectivity index (χ2v) is 13.2. The predicted molar refractivity (Wildman–Crippen MR) is 211 cm³/mol. The maximum absolute atomic E-state index is 6.70. The molecule has 0 amide bonds. The van der Waals surface area contributed by atoms with E-state index in [4.69, 9.17) is 23.8 Å². The smallest absolute Gasteiger partial charge is 0.164 e. The molecule has 0 spiro atoms. The van der Waals surface area contributed by atoms with E-state index in [1.165, 1.54) is 10.8 Å². The minimum Gasteiger partial charge on any atom is -0.456 e. The van der Waals surface area contributed by atoms with Crippen molar-refractivity contribution in [3.63, 3.8) is 0 Å². The second-order valence-electron chi connectivity index (χ2n) is 13.2. The number of benzene rings is 8. The number of fused-ring (bicyclic) bond motifs is 8. The van der Waals surface area contributed by atoms with Crippen LogP contribution in [0.4, 0.5) is 0 Å². The number of aromatic nitrogens is 3. The van der Waals surface area contributed by atoms with Crippen LogP contribution in [-0.2, 0) is 0 Å². The highest BCUT2D eigenvalue weighted by atomic mass is 16.3. The van der Waals surface area contributed by atoms with E-state index in [9.17, 15) is 0 Å². The Labute approximate surface area is 297 Å². The summed E-state index contributed by atoms with van der Waals surface area (Å²) in [5.41, 5.74) is 7.99. The monoisotopic (exact) mass is 665 g/mol. The van der Waals surface area contributed by atoms with E-state index in [2.05, 4.69) is 115 Å². The fourth-order valence-electron chi connectivity index (χ4n) is 7.63. The summed E-state index contributed by atoms with van der Waals surface area (Å²) in [4.78, 5) is 15.7. The minimum atomic E-state index is 0.569. The topological polar surface area (TPSA) is 65.0 Å². The molecular formula is C47H27N3O2. The quantitative estimate of drug-likeness (QED) is 0.187. The number of hydrogen-bond acceptors (Lipinski definition) is 5. The lowest BCUT2D eigenvalue weighted by Gasteiger charge is -2.12. The molecule has 0 saturated carbocycles. The summed E-state index contributed by atoms with van der Waals surface area (Å²) in [5.74, 6) is 1.74. The van der Waals surface area contributed by atoms with Crippen LogP contribution in [0.3, 0.4) is 0 Å². The van der Waals surface area contributed by atoms with Crippen LogP contribution >= 0.6 is 0 Å². The molecule has 0 fully saturated rings. The lowest BCUT2D eigenvalue weighted by molar-refractivity contribution is 0.669. The van der Waals surface area contributed by atoms with Crippen LogP contribution < -0.4 is 0 Å². The summed E-state index contributed by atoms with van der Waals surface area (Å²) in [6.45, 7) is 0. The normalized spacial score (nSPS) is 11.8. The molecule has 0 unspecified atom stereocenters. The van der Waals surface area contributed by atoms with Gasteiger partial charge in [-0.15, -0.1) is 0 Å². The minimum absolute atomic E-state index is 0.569. The summed E-state index contributed by atoms with van der Waals surface area (Å²) in [6, 6.07) is 56.3. The van der Waals surface area contributed by atoms with Gasteiger partial charge in [-0.2, -0.15) is 0 Å². The van der Waals surface area contributed by atoms with Crippen molar-refractivity contribution < 1.29 is 8.83 Å². The molecule has 242 valence electrons. The summed E-state index contributed by atoms with van der Waals surface area (Å²) < 4.78 is 13.0. The number of nitrogens with zero attached hydrogens (tertiary/aromatic N) is 3. The van der Waals surface area contributed by atoms with Gasteiger partial charge in [-0.05, 0) is 69.6 Å². The third-order valence-electron chi connectivity index (χ3n) is 10.1. The molecule has 5 heteroatoms. The van der Waals surface area contributed by atoms with Crippen LogP contribution in [0, 0.1) is 0 Å². The molecule has 8 aromatic carbocycles. The molecule has 0 aliphatic heterocycles. The molecule has 52 heavy (non-hydrogen) atoms. The molecular weight excluding hydrogens is 639 g/mol. The summed E-state index contributed by atoms with van der Waals surface area (Å²) in [7, 11) is 0. The van der Waals surface area contributed by atoms with Crippen molar-refractivity contribution in [3.05, 3.63) is 164 Å². The van der Waals surface area contributed by atoms with Crippen LogP contribution in [0.1, 0.15) is 0 Å². The Kier molecular flexibility index (Phi) is 6.18. The van der Waals surface area contributed by atoms with E-state index in [1.807, 2.05) is 48.5 Å². The van der Waals surface area contributed by atoms with Gasteiger partial charge < -0.3 is 8.83 Å². The highest BCUT2D eigenvalue weighted by Gasteiger charge is 2.22. The lowest BCUT2D eigenvalue weighted by atomic mass is 9.96. The highest BCUT2D eigenvalue weighted by molar-refractivity contribution is 6.16. The Hall–Kier alpha value is -7.11. The molecule has 11 rings (SSSR count). The van der Waals surface area contributed by atoms with Crippen molar-refractivity contribution >= 4 is 65.4 Å². The molecule has 0 bridgehead atoms. The maximum atomic E-state index is 6.70. The van der Waals surface area contributed by atoms with Crippen molar-refractivity contribution in [3.8, 4) is 45.3 Å². The van der Waals surface area contributed by atoms with Gasteiger partial charge in [-0.1, -0.05) is 121 Å². The molecule has 11 aromatic rings. The SMILES string of the molecule is c1ccc2cc(-c3nc(-c4cccc5oc6ccccc6c45)nc(-c4ccc(-c5ccc6ccccc6c5)c5oc6ccccc6c45)n3)ccc2c1. The van der Waals surface area contributed by atoms with E-state index >= 15 is 0 Å². The van der Waals surface area contributed by atoms with Crippen LogP contribution in [0.5, 0.6) is 0 Å². The Morgan fingerprint density at radius 3 is 1.58 bits per heavy atom. The second kappa shape index (κ2) is 11.2. The Bertz CT molecular complexity index is 3210. The molecule has 0 radical (unpaired) electrons. The first-order valence-corrected chi connectivity index (χ1v) is 17.3. The molecule has 0 atom stereocenters. The van der Waals surface area contributed by atoms with Crippen molar-refractivity contribution in [2.24, 2.45) is 0 Å². The van der Waals surface area contributed by atoms with Gasteiger partial charge in [0.15, 0.2) is 17.5 Å². The van der Waals surface area contributed by atoms with E-state index in [-0.39, 0.29) is 0 Å². The lowest BCUT2D eigenvalue weighted by Crippen LogP contribution is -2.01. The highest BCUT2D eigenvalue weighted by Crippen LogP contribution is 2.43. The Morgan fingerprint density at radius 1 is 0.327 bits per heavy atom. The predicted octanol–water partition coefficient (Wildman–Crippen LogP) is 12.6. The first kappa shape index (κ1) is 28.7. The number of rotatable bonds is 4. The van der Waals surface area contributed by atoms with Crippen molar-refractivity contribution in [1.29, 1.82) is 0 Å². The van der Waals surface area contributed by atoms with Gasteiger partial charge in [-0.3, -0.25) is 0 Å². The number of hydrogen-bond donors (Lipinski definition) is 0. The van der Waals surface area contributed by atoms with Gasteiger partial charge >= 0.3 is 0 Å². The molecule has 0 aliphatic rings. The van der Waals surface area contributed by atoms with Crippen molar-refractivity contribution in [1.82, 2.24) is 15.0 Å². The molecule has 0 saturated heterocycles. The van der Waals surface area contributed by atoms with Gasteiger partial charge in [-0.25, -0.2) is 15.0 Å². The fourth-order valence-corrected chi connectivity index (χ4v) is 7.63. The maximum Gasteiger partial charge on any atom is 0.164 e. The first-order chi connectivity index (χ1) is 25.7. The summed E-state index contributed by atoms with van der Waals surface area (Å²) in [5, 5.41) is 8.62. The number of furan rings is 2. The molecule has 0 aliphatic carbocycles. The zero-order valence-corrected chi connectivity index (χ0v) is 27.7. The van der Waals surface area contributed by atoms with Gasteiger partial charge in [0.1, 0.15) is 22.3 Å². The summed E-state index contributed by atoms with van der Waals surface area (Å²) in [6.07, 6.45) is 0. The zero-order chi connectivity index (χ0) is 34.2. The van der Waals surface area contributed by atoms with Gasteiger partial charge in [0.05, 0.1) is 0 Å². The van der Waals surface area contributed by atoms with Crippen molar-refractivity contribution in [2.75, 3.05) is 0 Å². The molecule has 0 N–H and O–H groups in total. The van der Waals surface area contributed by atoms with Crippen LogP contribution in [0.25, 0.3) is 111 Å². The third kappa shape index (κ3) is 4.46. The first-order valence-electron chi connectivity index (χ1n) is 17.3. The van der Waals surface area contributed by atoms with Gasteiger partial charge in [0, 0.05) is 43.8 Å². The van der Waals surface area contributed by atoms with Crippen LogP contribution in [-0.4, -0.2) is 15.0 Å². The van der Waals surface area contributed by atoms with E-state index < -0.39 is 0 Å². The van der Waals surface area contributed by atoms with Gasteiger partial charge in [0.25, 0.3) is 0 Å². The Balaban J connectivity index is 1.20. The van der Waals surface area contributed by atoms with Gasteiger partial charge in [0.2, 0.25) is 0 Å². The van der Waals surface area contributed by atoms with Crippen LogP contribution in [0.2, 0.25) is 0 Å². The van der Waals surface area contributed by atoms with E-state index in [0.717, 1.165) is 82.5 Å². The van der Waals surface area contributed by atoms with E-state index in [0.29, 0.717) is 17.5 Å². The number of para-hydroxylation sites is 2. The Morgan fingerprint density at radius 2 is 0.846 bits per heavy atom. The molecule has 3 heterocycles. The average Bonchev–Trinajstić information content (AvgIpc) is 3.79. The van der Waals surface area contributed by atoms with Crippen molar-refractivity contribution in [2.45, 2.75) is 0 Å². The average molecular weight is 666 g/mol. The molecule has 3 aromatic heterocycles. The fraction of sp³-hybridized carbons (Fsp3) is 0. The van der Waals surface area contributed by atoms with Crippen LogP contribution in [0.15, 0.2) is 173 Å². The third-order valence-corrected chi connectivity index (χ3v) is 10.1. The van der Waals surface area contributed by atoms with E-state index in [1.54, 1.807) is 0 Å². The molecule has 5 nitrogen and oxygen atoms in total. The largest absolute Gasteiger partial charge is 0.456 e. The zero-order valence-electron chi connectivity index (χ0n) is 27.7.